The Labute approximate surface area is 105 Å². The van der Waals surface area contributed by atoms with Crippen LogP contribution < -0.4 is 10.1 Å². The average Bonchev–Trinajstić information content (AvgIpc) is 2.37. The van der Waals surface area contributed by atoms with Gasteiger partial charge in [0.2, 0.25) is 0 Å². The van der Waals surface area contributed by atoms with E-state index in [4.69, 9.17) is 4.74 Å². The molecule has 1 atom stereocenters. The van der Waals surface area contributed by atoms with E-state index < -0.39 is 6.10 Å². The lowest BCUT2D eigenvalue weighted by Crippen LogP contribution is -2.34. The van der Waals surface area contributed by atoms with Crippen molar-refractivity contribution in [2.24, 2.45) is 0 Å². The second-order valence-corrected chi connectivity index (χ2v) is 4.16. The van der Waals surface area contributed by atoms with E-state index in [2.05, 4.69) is 10.1 Å². The second kappa shape index (κ2) is 5.08. The lowest BCUT2D eigenvalue weighted by Gasteiger charge is -2.23. The molecule has 0 aromatic heterocycles. The first-order chi connectivity index (χ1) is 8.60. The molecule has 1 aromatic carbocycles. The topological polar surface area (TPSA) is 64.6 Å². The zero-order chi connectivity index (χ0) is 13.1. The number of ether oxygens (including phenoxy) is 2. The van der Waals surface area contributed by atoms with Crippen molar-refractivity contribution in [1.29, 1.82) is 0 Å². The molecule has 1 aromatic rings. The quantitative estimate of drug-likeness (QED) is 0.825. The number of benzene rings is 1. The third-order valence-electron chi connectivity index (χ3n) is 2.82. The zero-order valence-electron chi connectivity index (χ0n) is 10.4. The third-order valence-corrected chi connectivity index (χ3v) is 2.82. The molecule has 0 fully saturated rings. The molecule has 0 bridgehead atoms. The van der Waals surface area contributed by atoms with Crippen LogP contribution in [0.15, 0.2) is 18.2 Å². The Morgan fingerprint density at radius 3 is 3.00 bits per heavy atom. The van der Waals surface area contributed by atoms with Gasteiger partial charge in [-0.05, 0) is 31.0 Å². The Hall–Kier alpha value is -2.04. The fourth-order valence-corrected chi connectivity index (χ4v) is 1.76. The Bertz CT molecular complexity index is 484. The number of hydrogen-bond acceptors (Lipinski definition) is 4. The van der Waals surface area contributed by atoms with Crippen molar-refractivity contribution in [2.45, 2.75) is 25.9 Å². The Morgan fingerprint density at radius 1 is 1.50 bits per heavy atom. The minimum absolute atomic E-state index is 0.160. The van der Waals surface area contributed by atoms with Gasteiger partial charge < -0.3 is 14.8 Å². The van der Waals surface area contributed by atoms with E-state index in [-0.39, 0.29) is 11.9 Å². The summed E-state index contributed by atoms with van der Waals surface area (Å²) in [6, 6.07) is 5.51. The van der Waals surface area contributed by atoms with Crippen molar-refractivity contribution in [2.75, 3.05) is 12.4 Å². The van der Waals surface area contributed by atoms with Gasteiger partial charge >= 0.3 is 5.97 Å². The third kappa shape index (κ3) is 2.61. The van der Waals surface area contributed by atoms with Gasteiger partial charge in [-0.1, -0.05) is 6.07 Å². The van der Waals surface area contributed by atoms with E-state index in [1.54, 1.807) is 13.0 Å². The van der Waals surface area contributed by atoms with Gasteiger partial charge in [-0.25, -0.2) is 0 Å². The second-order valence-electron chi connectivity index (χ2n) is 4.16. The minimum Gasteiger partial charge on any atom is -0.479 e. The lowest BCUT2D eigenvalue weighted by atomic mass is 10.1. The SMILES string of the molecule is COC(=O)CCc1ccc2c(c1)NC(=O)C(C)O2. The largest absolute Gasteiger partial charge is 0.479 e. The highest BCUT2D eigenvalue weighted by Gasteiger charge is 2.23. The van der Waals surface area contributed by atoms with Crippen LogP contribution in [0.3, 0.4) is 0 Å². The molecule has 0 saturated carbocycles. The number of methoxy groups -OCH3 is 1. The maximum Gasteiger partial charge on any atom is 0.305 e. The number of carbonyl (C=O) groups is 2. The molecule has 1 aliphatic heterocycles. The summed E-state index contributed by atoms with van der Waals surface area (Å²) in [5.41, 5.74) is 1.61. The van der Waals surface area contributed by atoms with Crippen LogP contribution in [0.2, 0.25) is 0 Å². The monoisotopic (exact) mass is 249 g/mol. The van der Waals surface area contributed by atoms with Crippen LogP contribution in [0.25, 0.3) is 0 Å². The maximum absolute atomic E-state index is 11.5. The van der Waals surface area contributed by atoms with E-state index in [0.717, 1.165) is 5.56 Å². The van der Waals surface area contributed by atoms with E-state index in [1.807, 2.05) is 12.1 Å². The minimum atomic E-state index is -0.474. The lowest BCUT2D eigenvalue weighted by molar-refractivity contribution is -0.140. The van der Waals surface area contributed by atoms with E-state index in [9.17, 15) is 9.59 Å². The number of aryl methyl sites for hydroxylation is 1. The van der Waals surface area contributed by atoms with Crippen LogP contribution in [-0.2, 0) is 20.7 Å². The molecule has 0 spiro atoms. The first kappa shape index (κ1) is 12.4. The van der Waals surface area contributed by atoms with Crippen molar-refractivity contribution in [3.8, 4) is 5.75 Å². The molecule has 0 radical (unpaired) electrons. The predicted molar refractivity (Wildman–Crippen MR) is 65.5 cm³/mol. The summed E-state index contributed by atoms with van der Waals surface area (Å²) in [7, 11) is 1.37. The smallest absolute Gasteiger partial charge is 0.305 e. The van der Waals surface area contributed by atoms with Crippen LogP contribution in [0.5, 0.6) is 5.75 Å². The number of rotatable bonds is 3. The first-order valence-corrected chi connectivity index (χ1v) is 5.77. The van der Waals surface area contributed by atoms with Crippen molar-refractivity contribution in [3.05, 3.63) is 23.8 Å². The molecule has 0 aliphatic carbocycles. The summed E-state index contributed by atoms with van der Waals surface area (Å²) in [4.78, 5) is 22.5. The van der Waals surface area contributed by atoms with Crippen LogP contribution in [0, 0.1) is 0 Å². The molecule has 2 rings (SSSR count). The normalized spacial score (nSPS) is 17.4. The number of amides is 1. The number of esters is 1. The molecule has 1 amide bonds. The summed E-state index contributed by atoms with van der Waals surface area (Å²) in [5.74, 6) is 0.248. The van der Waals surface area contributed by atoms with Crippen LogP contribution in [0.1, 0.15) is 18.9 Å². The van der Waals surface area contributed by atoms with Gasteiger partial charge in [-0.2, -0.15) is 0 Å². The highest BCUT2D eigenvalue weighted by atomic mass is 16.5. The Balaban J connectivity index is 2.10. The molecule has 96 valence electrons. The van der Waals surface area contributed by atoms with Crippen LogP contribution >= 0.6 is 0 Å². The van der Waals surface area contributed by atoms with Crippen LogP contribution in [-0.4, -0.2) is 25.1 Å². The zero-order valence-corrected chi connectivity index (χ0v) is 10.4. The average molecular weight is 249 g/mol. The number of fused-ring (bicyclic) bond motifs is 1. The first-order valence-electron chi connectivity index (χ1n) is 5.77. The van der Waals surface area contributed by atoms with Gasteiger partial charge in [-0.3, -0.25) is 9.59 Å². The summed E-state index contributed by atoms with van der Waals surface area (Å²) < 4.78 is 10.0. The number of nitrogens with one attached hydrogen (secondary N) is 1. The molecular weight excluding hydrogens is 234 g/mol. The Kier molecular flexibility index (Phi) is 3.50. The summed E-state index contributed by atoms with van der Waals surface area (Å²) >= 11 is 0. The van der Waals surface area contributed by atoms with E-state index in [0.29, 0.717) is 24.3 Å². The van der Waals surface area contributed by atoms with Gasteiger partial charge in [0.05, 0.1) is 12.8 Å². The summed E-state index contributed by atoms with van der Waals surface area (Å²) in [6.07, 6.45) is 0.421. The molecule has 5 heteroatoms. The number of anilines is 1. The van der Waals surface area contributed by atoms with Gasteiger partial charge in [0.15, 0.2) is 6.10 Å². The van der Waals surface area contributed by atoms with Gasteiger partial charge in [-0.15, -0.1) is 0 Å². The van der Waals surface area contributed by atoms with Gasteiger partial charge in [0.25, 0.3) is 5.91 Å². The Morgan fingerprint density at radius 2 is 2.28 bits per heavy atom. The number of carbonyl (C=O) groups excluding carboxylic acids is 2. The highest BCUT2D eigenvalue weighted by Crippen LogP contribution is 2.30. The summed E-state index contributed by atoms with van der Waals surface area (Å²) in [5, 5.41) is 2.77. The maximum atomic E-state index is 11.5. The molecule has 1 aliphatic rings. The molecule has 0 saturated heterocycles. The highest BCUT2D eigenvalue weighted by molar-refractivity contribution is 5.97. The van der Waals surface area contributed by atoms with Crippen molar-refractivity contribution < 1.29 is 19.1 Å². The molecule has 1 unspecified atom stereocenters. The molecule has 5 nitrogen and oxygen atoms in total. The fraction of sp³-hybridized carbons (Fsp3) is 0.385. The molecule has 1 N–H and O–H groups in total. The van der Waals surface area contributed by atoms with Gasteiger partial charge in [0, 0.05) is 6.42 Å². The molecule has 18 heavy (non-hydrogen) atoms. The van der Waals surface area contributed by atoms with E-state index >= 15 is 0 Å². The van der Waals surface area contributed by atoms with Gasteiger partial charge in [0.1, 0.15) is 5.75 Å². The fourth-order valence-electron chi connectivity index (χ4n) is 1.76. The molecular formula is C13H15NO4. The van der Waals surface area contributed by atoms with Crippen molar-refractivity contribution >= 4 is 17.6 Å². The van der Waals surface area contributed by atoms with E-state index in [1.165, 1.54) is 7.11 Å². The predicted octanol–water partition coefficient (Wildman–Crippen LogP) is 1.51. The van der Waals surface area contributed by atoms with Crippen molar-refractivity contribution in [1.82, 2.24) is 0 Å². The van der Waals surface area contributed by atoms with Crippen molar-refractivity contribution in [3.63, 3.8) is 0 Å². The summed E-state index contributed by atoms with van der Waals surface area (Å²) in [6.45, 7) is 1.70. The van der Waals surface area contributed by atoms with Crippen LogP contribution in [0.4, 0.5) is 5.69 Å². The number of hydrogen-bond donors (Lipinski definition) is 1. The molecule has 1 heterocycles. The standard InChI is InChI=1S/C13H15NO4/c1-8-13(16)14-10-7-9(3-5-11(10)18-8)4-6-12(15)17-2/h3,5,7-8H,4,6H2,1-2H3,(H,14,16).